The number of thiazole rings is 1. The molecule has 0 aliphatic carbocycles. The maximum atomic E-state index is 11.8. The molecule has 0 aliphatic rings. The van der Waals surface area contributed by atoms with E-state index in [1.165, 1.54) is 11.3 Å². The van der Waals surface area contributed by atoms with Gasteiger partial charge in [0, 0.05) is 11.3 Å². The second-order valence-electron chi connectivity index (χ2n) is 3.97. The highest BCUT2D eigenvalue weighted by Gasteiger charge is 2.17. The van der Waals surface area contributed by atoms with E-state index in [2.05, 4.69) is 11.1 Å². The molecule has 1 unspecified atom stereocenters. The predicted octanol–water partition coefficient (Wildman–Crippen LogP) is 3.05. The molecule has 0 bridgehead atoms. The number of carbonyl (C=O) groups is 1. The highest BCUT2D eigenvalue weighted by molar-refractivity contribution is 7.11. The van der Waals surface area contributed by atoms with E-state index in [1.54, 1.807) is 23.8 Å². The van der Waals surface area contributed by atoms with Gasteiger partial charge in [0.1, 0.15) is 11.5 Å². The Morgan fingerprint density at radius 2 is 2.42 bits per heavy atom. The fourth-order valence-corrected chi connectivity index (χ4v) is 3.03. The molecule has 6 heteroatoms. The maximum absolute atomic E-state index is 11.8. The van der Waals surface area contributed by atoms with Crippen LogP contribution in [0.4, 0.5) is 0 Å². The van der Waals surface area contributed by atoms with Crippen molar-refractivity contribution in [3.05, 3.63) is 38.5 Å². The summed E-state index contributed by atoms with van der Waals surface area (Å²) in [6.07, 6.45) is 0.614. The van der Waals surface area contributed by atoms with Crippen molar-refractivity contribution >= 4 is 28.6 Å². The lowest BCUT2D eigenvalue weighted by atomic mass is 10.1. The third-order valence-corrected chi connectivity index (χ3v) is 4.36. The number of esters is 1. The molecular formula is C13H12N2O2S2. The molecule has 0 saturated heterocycles. The van der Waals surface area contributed by atoms with Crippen LogP contribution in [0.15, 0.2) is 23.0 Å². The van der Waals surface area contributed by atoms with E-state index in [0.29, 0.717) is 17.0 Å². The van der Waals surface area contributed by atoms with Crippen LogP contribution in [0.5, 0.6) is 0 Å². The standard InChI is InChI=1S/C13H12N2O2S2/c1-9-12(19-8-15-9)13(16)17-7-10(6-14)5-11-3-2-4-18-11/h2-4,8,10H,5,7H2,1H3. The summed E-state index contributed by atoms with van der Waals surface area (Å²) < 4.78 is 5.18. The normalized spacial score (nSPS) is 11.8. The minimum absolute atomic E-state index is 0.116. The highest BCUT2D eigenvalue weighted by atomic mass is 32.1. The molecule has 1 atom stereocenters. The monoisotopic (exact) mass is 292 g/mol. The molecule has 2 rings (SSSR count). The van der Waals surface area contributed by atoms with Crippen LogP contribution in [0.25, 0.3) is 0 Å². The number of nitriles is 1. The van der Waals surface area contributed by atoms with E-state index in [4.69, 9.17) is 10.00 Å². The second-order valence-corrected chi connectivity index (χ2v) is 5.86. The summed E-state index contributed by atoms with van der Waals surface area (Å²) in [4.78, 5) is 17.4. The zero-order valence-corrected chi connectivity index (χ0v) is 12.0. The summed E-state index contributed by atoms with van der Waals surface area (Å²) in [6, 6.07) is 6.09. The van der Waals surface area contributed by atoms with Crippen LogP contribution < -0.4 is 0 Å². The topological polar surface area (TPSA) is 63.0 Å². The molecule has 2 aromatic rings. The fraction of sp³-hybridized carbons (Fsp3) is 0.308. The minimum Gasteiger partial charge on any atom is -0.460 e. The zero-order valence-electron chi connectivity index (χ0n) is 10.3. The van der Waals surface area contributed by atoms with Crippen molar-refractivity contribution in [2.24, 2.45) is 5.92 Å². The Bertz CT molecular complexity index is 584. The molecule has 19 heavy (non-hydrogen) atoms. The molecular weight excluding hydrogens is 280 g/mol. The van der Waals surface area contributed by atoms with E-state index in [9.17, 15) is 4.79 Å². The molecule has 0 spiro atoms. The number of hydrogen-bond donors (Lipinski definition) is 0. The number of nitrogens with zero attached hydrogens (tertiary/aromatic N) is 2. The van der Waals surface area contributed by atoms with Gasteiger partial charge in [-0.3, -0.25) is 0 Å². The van der Waals surface area contributed by atoms with Gasteiger partial charge in [-0.05, 0) is 18.4 Å². The van der Waals surface area contributed by atoms with Gasteiger partial charge in [-0.15, -0.1) is 22.7 Å². The third-order valence-electron chi connectivity index (χ3n) is 2.56. The smallest absolute Gasteiger partial charge is 0.350 e. The van der Waals surface area contributed by atoms with Crippen LogP contribution in [0.2, 0.25) is 0 Å². The van der Waals surface area contributed by atoms with Gasteiger partial charge in [-0.25, -0.2) is 9.78 Å². The van der Waals surface area contributed by atoms with Crippen LogP contribution in [0, 0.1) is 24.2 Å². The van der Waals surface area contributed by atoms with Crippen LogP contribution in [0.1, 0.15) is 20.2 Å². The molecule has 98 valence electrons. The van der Waals surface area contributed by atoms with E-state index < -0.39 is 5.97 Å². The van der Waals surface area contributed by atoms with E-state index >= 15 is 0 Å². The number of rotatable bonds is 5. The van der Waals surface area contributed by atoms with Gasteiger partial charge in [0.15, 0.2) is 0 Å². The van der Waals surface area contributed by atoms with Crippen LogP contribution >= 0.6 is 22.7 Å². The molecule has 2 heterocycles. The average Bonchev–Trinajstić information content (AvgIpc) is 3.05. The largest absolute Gasteiger partial charge is 0.460 e. The molecule has 0 aromatic carbocycles. The van der Waals surface area contributed by atoms with E-state index in [-0.39, 0.29) is 12.5 Å². The molecule has 0 aliphatic heterocycles. The van der Waals surface area contributed by atoms with Crippen molar-refractivity contribution in [1.29, 1.82) is 5.26 Å². The first-order chi connectivity index (χ1) is 9.20. The maximum Gasteiger partial charge on any atom is 0.350 e. The van der Waals surface area contributed by atoms with Crippen molar-refractivity contribution < 1.29 is 9.53 Å². The Morgan fingerprint density at radius 3 is 3.00 bits per heavy atom. The quantitative estimate of drug-likeness (QED) is 0.795. The SMILES string of the molecule is Cc1ncsc1C(=O)OCC(C#N)Cc1cccs1. The van der Waals surface area contributed by atoms with Crippen LogP contribution in [-0.4, -0.2) is 17.6 Å². The Kier molecular flexibility index (Phi) is 4.66. The Hall–Kier alpha value is -1.71. The average molecular weight is 292 g/mol. The molecule has 4 nitrogen and oxygen atoms in total. The van der Waals surface area contributed by atoms with Crippen molar-refractivity contribution in [2.75, 3.05) is 6.61 Å². The number of carbonyl (C=O) groups excluding carboxylic acids is 1. The van der Waals surface area contributed by atoms with Crippen molar-refractivity contribution in [3.63, 3.8) is 0 Å². The van der Waals surface area contributed by atoms with E-state index in [0.717, 1.165) is 4.88 Å². The summed E-state index contributed by atoms with van der Waals surface area (Å²) in [6.45, 7) is 1.88. The molecule has 0 saturated carbocycles. The van der Waals surface area contributed by atoms with Gasteiger partial charge in [0.05, 0.1) is 23.2 Å². The molecule has 0 radical (unpaired) electrons. The summed E-state index contributed by atoms with van der Waals surface area (Å²) >= 11 is 2.86. The van der Waals surface area contributed by atoms with Gasteiger partial charge < -0.3 is 4.74 Å². The number of hydrogen-bond acceptors (Lipinski definition) is 6. The second kappa shape index (κ2) is 6.45. The van der Waals surface area contributed by atoms with Crippen molar-refractivity contribution in [1.82, 2.24) is 4.98 Å². The van der Waals surface area contributed by atoms with Gasteiger partial charge in [-0.1, -0.05) is 6.07 Å². The lowest BCUT2D eigenvalue weighted by molar-refractivity contribution is 0.0473. The fourth-order valence-electron chi connectivity index (χ4n) is 1.55. The van der Waals surface area contributed by atoms with Gasteiger partial charge >= 0.3 is 5.97 Å². The first kappa shape index (κ1) is 13.7. The first-order valence-corrected chi connectivity index (χ1v) is 7.46. The summed E-state index contributed by atoms with van der Waals surface area (Å²) in [5.74, 6) is -0.706. The summed E-state index contributed by atoms with van der Waals surface area (Å²) in [7, 11) is 0. The molecule has 0 N–H and O–H groups in total. The highest BCUT2D eigenvalue weighted by Crippen LogP contribution is 2.17. The Balaban J connectivity index is 1.88. The first-order valence-electron chi connectivity index (χ1n) is 5.70. The van der Waals surface area contributed by atoms with Gasteiger partial charge in [0.2, 0.25) is 0 Å². The lowest BCUT2D eigenvalue weighted by Crippen LogP contribution is -2.14. The number of aryl methyl sites for hydroxylation is 1. The van der Waals surface area contributed by atoms with Gasteiger partial charge in [-0.2, -0.15) is 5.26 Å². The molecule has 0 fully saturated rings. The van der Waals surface area contributed by atoms with Crippen molar-refractivity contribution in [3.8, 4) is 6.07 Å². The number of ether oxygens (including phenoxy) is 1. The number of aromatic nitrogens is 1. The van der Waals surface area contributed by atoms with Gasteiger partial charge in [0.25, 0.3) is 0 Å². The molecule has 0 amide bonds. The van der Waals surface area contributed by atoms with Crippen LogP contribution in [-0.2, 0) is 11.2 Å². The van der Waals surface area contributed by atoms with E-state index in [1.807, 2.05) is 17.5 Å². The minimum atomic E-state index is -0.397. The Labute approximate surface area is 119 Å². The zero-order chi connectivity index (χ0) is 13.7. The lowest BCUT2D eigenvalue weighted by Gasteiger charge is -2.08. The summed E-state index contributed by atoms with van der Waals surface area (Å²) in [5.41, 5.74) is 2.28. The predicted molar refractivity (Wildman–Crippen MR) is 74.3 cm³/mol. The Morgan fingerprint density at radius 1 is 1.58 bits per heavy atom. The number of thiophene rings is 1. The van der Waals surface area contributed by atoms with Crippen molar-refractivity contribution in [2.45, 2.75) is 13.3 Å². The summed E-state index contributed by atoms with van der Waals surface area (Å²) in [5, 5.41) is 11.0. The van der Waals surface area contributed by atoms with Crippen LogP contribution in [0.3, 0.4) is 0 Å². The molecule has 2 aromatic heterocycles. The third kappa shape index (κ3) is 3.63.